The zero-order chi connectivity index (χ0) is 10.7. The first kappa shape index (κ1) is 14.3. The molecule has 86 valence electrons. The van der Waals surface area contributed by atoms with Crippen LogP contribution >= 0.6 is 12.4 Å². The van der Waals surface area contributed by atoms with Crippen LogP contribution in [0.5, 0.6) is 0 Å². The summed E-state index contributed by atoms with van der Waals surface area (Å²) in [6.45, 7) is 1.69. The van der Waals surface area contributed by atoms with Gasteiger partial charge in [0.2, 0.25) is 0 Å². The molecule has 0 bridgehead atoms. The van der Waals surface area contributed by atoms with Crippen LogP contribution in [0.1, 0.15) is 18.5 Å². The molecule has 1 rings (SSSR count). The second-order valence-electron chi connectivity index (χ2n) is 2.98. The van der Waals surface area contributed by atoms with Crippen molar-refractivity contribution in [1.82, 2.24) is 0 Å². The van der Waals surface area contributed by atoms with Crippen molar-refractivity contribution in [3.05, 3.63) is 29.6 Å². The average Bonchev–Trinajstić information content (AvgIpc) is 2.07. The second kappa shape index (κ2) is 6.05. The van der Waals surface area contributed by atoms with Gasteiger partial charge in [0.15, 0.2) is 5.82 Å². The maximum absolute atomic E-state index is 13.6. The zero-order valence-corrected chi connectivity index (χ0v) is 10.1. The lowest BCUT2D eigenvalue weighted by Crippen LogP contribution is -2.07. The first-order chi connectivity index (χ1) is 6.52. The van der Waals surface area contributed by atoms with E-state index in [0.717, 1.165) is 0 Å². The van der Waals surface area contributed by atoms with Gasteiger partial charge in [0.05, 0.1) is 5.69 Å². The topological polar surface area (TPSA) is 55.4 Å². The fourth-order valence-corrected chi connectivity index (χ4v) is 1.52. The predicted molar refractivity (Wildman–Crippen MR) is 62.3 cm³/mol. The van der Waals surface area contributed by atoms with Gasteiger partial charge < -0.3 is 14.3 Å². The lowest BCUT2D eigenvalue weighted by Gasteiger charge is -2.09. The van der Waals surface area contributed by atoms with Crippen molar-refractivity contribution in [3.8, 4) is 0 Å². The van der Waals surface area contributed by atoms with Gasteiger partial charge in [-0.25, -0.2) is 4.39 Å². The molecule has 0 radical (unpaired) electrons. The van der Waals surface area contributed by atoms with E-state index in [-0.39, 0.29) is 18.1 Å². The maximum Gasteiger partial charge on any atom is 0.151 e. The molecule has 1 aromatic carbocycles. The third kappa shape index (κ3) is 3.77. The van der Waals surface area contributed by atoms with Crippen molar-refractivity contribution >= 4 is 28.7 Å². The Bertz CT molecular complexity index is 417. The monoisotopic (exact) mass is 251 g/mol. The van der Waals surface area contributed by atoms with E-state index in [0.29, 0.717) is 5.56 Å². The summed E-state index contributed by atoms with van der Waals surface area (Å²) in [5.41, 5.74) is 6.04. The summed E-state index contributed by atoms with van der Waals surface area (Å²) in [6, 6.07) is 4.32. The van der Waals surface area contributed by atoms with Gasteiger partial charge in [-0.2, -0.15) is 10.6 Å². The normalized spacial score (nSPS) is 14.4. The SMILES string of the molecule is C[C@@H](N)c1cccc(N=[S-](C)=O)c1F.Cl. The molecule has 0 aromatic heterocycles. The molecule has 0 heterocycles. The average molecular weight is 252 g/mol. The van der Waals surface area contributed by atoms with Crippen LogP contribution < -0.4 is 5.73 Å². The highest BCUT2D eigenvalue weighted by Crippen LogP contribution is 2.24. The lowest BCUT2D eigenvalue weighted by atomic mass is 10.1. The molecule has 1 atom stereocenters. The summed E-state index contributed by atoms with van der Waals surface area (Å²) in [4.78, 5) is 0. The Morgan fingerprint density at radius 2 is 2.13 bits per heavy atom. The van der Waals surface area contributed by atoms with Crippen molar-refractivity contribution in [2.24, 2.45) is 10.1 Å². The fourth-order valence-electron chi connectivity index (χ4n) is 1.10. The Hall–Kier alpha value is -0.650. The molecule has 0 fully saturated rings. The minimum Gasteiger partial charge on any atom is -0.444 e. The Kier molecular flexibility index (Phi) is 5.79. The van der Waals surface area contributed by atoms with E-state index in [2.05, 4.69) is 4.36 Å². The third-order valence-electron chi connectivity index (χ3n) is 1.73. The van der Waals surface area contributed by atoms with Gasteiger partial charge in [-0.05, 0) is 13.0 Å². The van der Waals surface area contributed by atoms with Crippen molar-refractivity contribution in [1.29, 1.82) is 0 Å². The Balaban J connectivity index is 0.00000196. The van der Waals surface area contributed by atoms with E-state index in [4.69, 9.17) is 5.73 Å². The first-order valence-electron chi connectivity index (χ1n) is 4.11. The summed E-state index contributed by atoms with van der Waals surface area (Å²) in [6.07, 6.45) is 1.39. The molecule has 0 aliphatic carbocycles. The summed E-state index contributed by atoms with van der Waals surface area (Å²) in [7, 11) is -1.40. The van der Waals surface area contributed by atoms with Crippen LogP contribution in [0.25, 0.3) is 0 Å². The summed E-state index contributed by atoms with van der Waals surface area (Å²) in [5, 5.41) is 0. The van der Waals surface area contributed by atoms with Crippen molar-refractivity contribution in [2.75, 3.05) is 6.26 Å². The number of nitrogens with two attached hydrogens (primary N) is 1. The molecule has 0 saturated carbocycles. The molecular weight excluding hydrogens is 239 g/mol. The minimum absolute atomic E-state index is 0. The van der Waals surface area contributed by atoms with Gasteiger partial charge in [0.25, 0.3) is 0 Å². The Labute approximate surface area is 96.5 Å². The first-order valence-corrected chi connectivity index (χ1v) is 5.63. The molecular formula is C9H13ClFN2OS-. The van der Waals surface area contributed by atoms with Gasteiger partial charge >= 0.3 is 0 Å². The minimum atomic E-state index is -1.40. The lowest BCUT2D eigenvalue weighted by molar-refractivity contribution is 0.592. The quantitative estimate of drug-likeness (QED) is 0.822. The van der Waals surface area contributed by atoms with Gasteiger partial charge in [-0.3, -0.25) is 0 Å². The number of hydrogen-bond acceptors (Lipinski definition) is 4. The van der Waals surface area contributed by atoms with Crippen LogP contribution in [0.15, 0.2) is 22.6 Å². The molecule has 6 heteroatoms. The van der Waals surface area contributed by atoms with Crippen LogP contribution in [-0.2, 0) is 14.8 Å². The van der Waals surface area contributed by atoms with Crippen LogP contribution in [0, 0.1) is 5.82 Å². The second-order valence-corrected chi connectivity index (χ2v) is 4.01. The number of halogens is 2. The fraction of sp³-hybridized carbons (Fsp3) is 0.333. The van der Waals surface area contributed by atoms with Crippen molar-refractivity contribution in [2.45, 2.75) is 13.0 Å². The van der Waals surface area contributed by atoms with Gasteiger partial charge in [0, 0.05) is 11.6 Å². The summed E-state index contributed by atoms with van der Waals surface area (Å²) < 4.78 is 28.0. The number of hydrogen-bond donors (Lipinski definition) is 1. The standard InChI is InChI=1S/C9H12FN2OS.ClH/c1-6(11)7-4-3-5-8(9(7)10)12-14(2)13;/h3-6H,11H2,1-2H3;1H/q-1;/t6-;/m1./s1. The largest absolute Gasteiger partial charge is 0.444 e. The molecule has 0 spiro atoms. The van der Waals surface area contributed by atoms with Crippen molar-refractivity contribution in [3.63, 3.8) is 0 Å². The molecule has 0 aliphatic rings. The van der Waals surface area contributed by atoms with Gasteiger partial charge in [-0.1, -0.05) is 12.1 Å². The summed E-state index contributed by atoms with van der Waals surface area (Å²) in [5.74, 6) is -0.488. The highest BCUT2D eigenvalue weighted by molar-refractivity contribution is 7.74. The highest BCUT2D eigenvalue weighted by Gasteiger charge is 2.08. The molecule has 2 N–H and O–H groups in total. The smallest absolute Gasteiger partial charge is 0.151 e. The molecule has 0 amide bonds. The Morgan fingerprint density at radius 1 is 1.53 bits per heavy atom. The van der Waals surface area contributed by atoms with Crippen LogP contribution in [0.3, 0.4) is 0 Å². The van der Waals surface area contributed by atoms with Crippen molar-refractivity contribution < 1.29 is 8.60 Å². The molecule has 1 aromatic rings. The molecule has 3 nitrogen and oxygen atoms in total. The van der Waals surface area contributed by atoms with E-state index in [1.807, 2.05) is 0 Å². The van der Waals surface area contributed by atoms with E-state index in [1.165, 1.54) is 12.3 Å². The molecule has 0 unspecified atom stereocenters. The van der Waals surface area contributed by atoms with E-state index in [1.54, 1.807) is 19.1 Å². The number of rotatable bonds is 2. The van der Waals surface area contributed by atoms with Gasteiger partial charge in [0.1, 0.15) is 0 Å². The van der Waals surface area contributed by atoms with Crippen LogP contribution in [-0.4, -0.2) is 6.26 Å². The summed E-state index contributed by atoms with van der Waals surface area (Å²) >= 11 is 0. The van der Waals surface area contributed by atoms with E-state index >= 15 is 0 Å². The zero-order valence-electron chi connectivity index (χ0n) is 8.44. The van der Waals surface area contributed by atoms with Gasteiger partial charge in [-0.15, -0.1) is 18.7 Å². The number of benzene rings is 1. The molecule has 0 aliphatic heterocycles. The molecule has 0 saturated heterocycles. The van der Waals surface area contributed by atoms with Crippen LogP contribution in [0.4, 0.5) is 10.1 Å². The maximum atomic E-state index is 13.6. The predicted octanol–water partition coefficient (Wildman–Crippen LogP) is 2.68. The number of nitrogens with zero attached hydrogens (tertiary/aromatic N) is 1. The highest BCUT2D eigenvalue weighted by atomic mass is 35.5. The van der Waals surface area contributed by atoms with E-state index < -0.39 is 22.5 Å². The third-order valence-corrected chi connectivity index (χ3v) is 2.18. The van der Waals surface area contributed by atoms with Crippen LogP contribution in [0.2, 0.25) is 0 Å². The molecule has 15 heavy (non-hydrogen) atoms. The van der Waals surface area contributed by atoms with E-state index in [9.17, 15) is 8.60 Å². The Morgan fingerprint density at radius 3 is 2.60 bits per heavy atom.